The maximum absolute atomic E-state index is 12.3. The Balaban J connectivity index is 5.16. The van der Waals surface area contributed by atoms with Gasteiger partial charge in [-0.2, -0.15) is 0 Å². The number of nitrogens with one attached hydrogen (secondary N) is 2. The number of carboxylic acids is 1. The van der Waals surface area contributed by atoms with E-state index in [9.17, 15) is 24.3 Å². The summed E-state index contributed by atoms with van der Waals surface area (Å²) in [5, 5.41) is 22.9. The molecule has 0 aromatic heterocycles. The van der Waals surface area contributed by atoms with Crippen molar-refractivity contribution in [3.8, 4) is 0 Å². The molecule has 0 aliphatic carbocycles. The van der Waals surface area contributed by atoms with Gasteiger partial charge in [0.05, 0.1) is 12.5 Å². The normalized spacial score (nSPS) is 17.0. The monoisotopic (exact) mass is 346 g/mol. The summed E-state index contributed by atoms with van der Waals surface area (Å²) in [4.78, 5) is 46.3. The van der Waals surface area contributed by atoms with Gasteiger partial charge in [0.15, 0.2) is 0 Å². The number of aliphatic hydroxyl groups excluding tert-OH is 1. The van der Waals surface area contributed by atoms with Crippen LogP contribution in [0.25, 0.3) is 0 Å². The lowest BCUT2D eigenvalue weighted by Crippen LogP contribution is -2.58. The van der Waals surface area contributed by atoms with Gasteiger partial charge >= 0.3 is 5.97 Å². The van der Waals surface area contributed by atoms with Crippen LogP contribution in [0, 0.1) is 5.92 Å². The number of primary amides is 1. The zero-order valence-corrected chi connectivity index (χ0v) is 14.0. The Morgan fingerprint density at radius 3 is 2.00 bits per heavy atom. The molecule has 0 aromatic rings. The Labute approximate surface area is 139 Å². The largest absolute Gasteiger partial charge is 0.480 e. The van der Waals surface area contributed by atoms with E-state index in [4.69, 9.17) is 16.6 Å². The van der Waals surface area contributed by atoms with Crippen LogP contribution in [0.3, 0.4) is 0 Å². The van der Waals surface area contributed by atoms with E-state index in [0.717, 1.165) is 0 Å². The van der Waals surface area contributed by atoms with Crippen molar-refractivity contribution >= 4 is 23.7 Å². The van der Waals surface area contributed by atoms with E-state index >= 15 is 0 Å². The second kappa shape index (κ2) is 9.83. The van der Waals surface area contributed by atoms with Gasteiger partial charge in [-0.1, -0.05) is 20.3 Å². The van der Waals surface area contributed by atoms with Gasteiger partial charge in [0.2, 0.25) is 17.7 Å². The first-order chi connectivity index (χ1) is 11.0. The minimum Gasteiger partial charge on any atom is -0.480 e. The fourth-order valence-corrected chi connectivity index (χ4v) is 1.83. The molecular formula is C14H26N4O6. The zero-order valence-electron chi connectivity index (χ0n) is 14.0. The van der Waals surface area contributed by atoms with Crippen LogP contribution in [0.1, 0.15) is 33.6 Å². The van der Waals surface area contributed by atoms with Crippen molar-refractivity contribution in [3.63, 3.8) is 0 Å². The zero-order chi connectivity index (χ0) is 19.0. The molecule has 0 saturated carbocycles. The molecule has 24 heavy (non-hydrogen) atoms. The Bertz CT molecular complexity index is 482. The summed E-state index contributed by atoms with van der Waals surface area (Å²) in [6, 6.07) is -3.80. The Morgan fingerprint density at radius 2 is 1.62 bits per heavy atom. The van der Waals surface area contributed by atoms with Crippen LogP contribution in [-0.2, 0) is 19.2 Å². The molecule has 8 N–H and O–H groups in total. The SMILES string of the molecule is CC[C@H](C)[C@H](NC(=O)[C@@H](N)[C@@H](C)O)C(=O)N[C@@H](CC(N)=O)C(=O)O. The van der Waals surface area contributed by atoms with Crippen LogP contribution < -0.4 is 22.1 Å². The lowest BCUT2D eigenvalue weighted by Gasteiger charge is -2.27. The lowest BCUT2D eigenvalue weighted by molar-refractivity contribution is -0.144. The predicted octanol–water partition coefficient (Wildman–Crippen LogP) is -2.33. The highest BCUT2D eigenvalue weighted by Crippen LogP contribution is 2.09. The van der Waals surface area contributed by atoms with E-state index in [-0.39, 0.29) is 5.92 Å². The molecule has 0 radical (unpaired) electrons. The highest BCUT2D eigenvalue weighted by Gasteiger charge is 2.32. The summed E-state index contributed by atoms with van der Waals surface area (Å²) in [6.45, 7) is 4.79. The van der Waals surface area contributed by atoms with Crippen molar-refractivity contribution in [2.24, 2.45) is 17.4 Å². The standard InChI is InChI=1S/C14H26N4O6/c1-4-6(2)11(18-12(21)10(16)7(3)19)13(22)17-8(14(23)24)5-9(15)20/h6-8,10-11,19H,4-5,16H2,1-3H3,(H2,15,20)(H,17,22)(H,18,21)(H,23,24)/t6-,7+,8-,10-,11-/m0/s1. The fraction of sp³-hybridized carbons (Fsp3) is 0.714. The quantitative estimate of drug-likeness (QED) is 0.256. The van der Waals surface area contributed by atoms with Gasteiger partial charge in [-0.3, -0.25) is 14.4 Å². The number of aliphatic hydroxyl groups is 1. The third-order valence-electron chi connectivity index (χ3n) is 3.64. The Hall–Kier alpha value is -2.20. The van der Waals surface area contributed by atoms with Gasteiger partial charge in [0.1, 0.15) is 18.1 Å². The van der Waals surface area contributed by atoms with E-state index in [0.29, 0.717) is 6.42 Å². The maximum Gasteiger partial charge on any atom is 0.326 e. The summed E-state index contributed by atoms with van der Waals surface area (Å²) >= 11 is 0. The second-order valence-corrected chi connectivity index (χ2v) is 5.71. The van der Waals surface area contributed by atoms with Gasteiger partial charge in [0, 0.05) is 0 Å². The van der Waals surface area contributed by atoms with Gasteiger partial charge < -0.3 is 32.3 Å². The summed E-state index contributed by atoms with van der Waals surface area (Å²) in [5.41, 5.74) is 10.5. The first kappa shape index (κ1) is 21.8. The molecule has 0 bridgehead atoms. The van der Waals surface area contributed by atoms with E-state index in [1.807, 2.05) is 0 Å². The summed E-state index contributed by atoms with van der Waals surface area (Å²) < 4.78 is 0. The highest BCUT2D eigenvalue weighted by atomic mass is 16.4. The van der Waals surface area contributed by atoms with Crippen LogP contribution in [0.15, 0.2) is 0 Å². The molecule has 0 aromatic carbocycles. The molecule has 10 nitrogen and oxygen atoms in total. The molecular weight excluding hydrogens is 320 g/mol. The molecule has 5 atom stereocenters. The van der Waals surface area contributed by atoms with Crippen LogP contribution in [0.2, 0.25) is 0 Å². The average Bonchev–Trinajstić information content (AvgIpc) is 2.49. The number of amides is 3. The highest BCUT2D eigenvalue weighted by molar-refractivity contribution is 5.93. The number of nitrogens with two attached hydrogens (primary N) is 2. The summed E-state index contributed by atoms with van der Waals surface area (Å²) in [7, 11) is 0. The number of hydrogen-bond acceptors (Lipinski definition) is 6. The third kappa shape index (κ3) is 6.92. The molecule has 10 heteroatoms. The van der Waals surface area contributed by atoms with Crippen molar-refractivity contribution < 1.29 is 29.4 Å². The van der Waals surface area contributed by atoms with Crippen molar-refractivity contribution in [2.45, 2.75) is 57.8 Å². The van der Waals surface area contributed by atoms with Gasteiger partial charge in [0.25, 0.3) is 0 Å². The molecule has 3 amide bonds. The molecule has 0 fully saturated rings. The van der Waals surface area contributed by atoms with E-state index in [1.54, 1.807) is 13.8 Å². The number of carboxylic acid groups (broad SMARTS) is 1. The second-order valence-electron chi connectivity index (χ2n) is 5.71. The molecule has 138 valence electrons. The third-order valence-corrected chi connectivity index (χ3v) is 3.64. The van der Waals surface area contributed by atoms with E-state index in [2.05, 4.69) is 10.6 Å². The number of aliphatic carboxylic acids is 1. The Morgan fingerprint density at radius 1 is 1.08 bits per heavy atom. The molecule has 0 heterocycles. The molecule has 0 rings (SSSR count). The first-order valence-electron chi connectivity index (χ1n) is 7.56. The Kier molecular flexibility index (Phi) is 8.93. The minimum atomic E-state index is -1.50. The van der Waals surface area contributed by atoms with Crippen LogP contribution in [-0.4, -0.2) is 58.1 Å². The topological polar surface area (TPSA) is 185 Å². The van der Waals surface area contributed by atoms with Crippen LogP contribution in [0.4, 0.5) is 0 Å². The van der Waals surface area contributed by atoms with Crippen LogP contribution >= 0.6 is 0 Å². The molecule has 0 aliphatic heterocycles. The van der Waals surface area contributed by atoms with Gasteiger partial charge in [-0.25, -0.2) is 4.79 Å². The predicted molar refractivity (Wildman–Crippen MR) is 84.4 cm³/mol. The van der Waals surface area contributed by atoms with Crippen LogP contribution in [0.5, 0.6) is 0 Å². The number of carbonyl (C=O) groups excluding carboxylic acids is 3. The van der Waals surface area contributed by atoms with E-state index < -0.39 is 54.3 Å². The van der Waals surface area contributed by atoms with Crippen molar-refractivity contribution in [3.05, 3.63) is 0 Å². The number of rotatable bonds is 10. The first-order valence-corrected chi connectivity index (χ1v) is 7.56. The number of hydrogen-bond donors (Lipinski definition) is 6. The molecule has 0 unspecified atom stereocenters. The lowest BCUT2D eigenvalue weighted by atomic mass is 9.97. The molecule has 0 spiro atoms. The minimum absolute atomic E-state index is 0.335. The van der Waals surface area contributed by atoms with E-state index in [1.165, 1.54) is 6.92 Å². The van der Waals surface area contributed by atoms with Gasteiger partial charge in [-0.15, -0.1) is 0 Å². The molecule has 0 aliphatic rings. The summed E-state index contributed by atoms with van der Waals surface area (Å²) in [6.07, 6.45) is -1.18. The number of carbonyl (C=O) groups is 4. The maximum atomic E-state index is 12.3. The molecule has 0 saturated heterocycles. The van der Waals surface area contributed by atoms with Crippen molar-refractivity contribution in [1.82, 2.24) is 10.6 Å². The van der Waals surface area contributed by atoms with Crippen molar-refractivity contribution in [1.29, 1.82) is 0 Å². The van der Waals surface area contributed by atoms with Gasteiger partial charge in [-0.05, 0) is 12.8 Å². The smallest absolute Gasteiger partial charge is 0.326 e. The summed E-state index contributed by atoms with van der Waals surface area (Å²) in [5.74, 6) is -4.16. The van der Waals surface area contributed by atoms with Crippen molar-refractivity contribution in [2.75, 3.05) is 0 Å². The fourth-order valence-electron chi connectivity index (χ4n) is 1.83. The average molecular weight is 346 g/mol.